The Morgan fingerprint density at radius 1 is 1.22 bits per heavy atom. The SMILES string of the molecule is COC(=O)C1CN(c2nc(CCc3ccccc3)nc3c2CCNC3=O)C1. The van der Waals surface area contributed by atoms with Crippen molar-refractivity contribution in [1.82, 2.24) is 15.3 Å². The van der Waals surface area contributed by atoms with Gasteiger partial charge < -0.3 is 15.0 Å². The summed E-state index contributed by atoms with van der Waals surface area (Å²) < 4.78 is 4.82. The largest absolute Gasteiger partial charge is 0.469 e. The van der Waals surface area contributed by atoms with Gasteiger partial charge in [0.1, 0.15) is 17.3 Å². The van der Waals surface area contributed by atoms with Crippen LogP contribution in [-0.2, 0) is 28.8 Å². The average molecular weight is 366 g/mol. The van der Waals surface area contributed by atoms with E-state index in [4.69, 9.17) is 9.72 Å². The Hall–Kier alpha value is -2.96. The molecule has 0 saturated carbocycles. The van der Waals surface area contributed by atoms with Gasteiger partial charge in [-0.15, -0.1) is 0 Å². The molecule has 1 fully saturated rings. The minimum atomic E-state index is -0.198. The molecule has 2 aliphatic rings. The highest BCUT2D eigenvalue weighted by atomic mass is 16.5. The lowest BCUT2D eigenvalue weighted by molar-refractivity contribution is -0.146. The molecule has 4 rings (SSSR count). The first-order chi connectivity index (χ1) is 13.2. The highest BCUT2D eigenvalue weighted by Crippen LogP contribution is 2.30. The van der Waals surface area contributed by atoms with Crippen molar-refractivity contribution in [3.05, 3.63) is 53.0 Å². The van der Waals surface area contributed by atoms with E-state index < -0.39 is 0 Å². The fraction of sp³-hybridized carbons (Fsp3) is 0.400. The Labute approximate surface area is 157 Å². The molecule has 1 saturated heterocycles. The van der Waals surface area contributed by atoms with Crippen LogP contribution in [0.15, 0.2) is 30.3 Å². The first kappa shape index (κ1) is 17.5. The van der Waals surface area contributed by atoms with E-state index in [-0.39, 0.29) is 17.8 Å². The molecule has 1 aromatic heterocycles. The lowest BCUT2D eigenvalue weighted by atomic mass is 9.97. The summed E-state index contributed by atoms with van der Waals surface area (Å²) in [6.07, 6.45) is 2.17. The molecular formula is C20H22N4O3. The topological polar surface area (TPSA) is 84.4 Å². The number of amides is 1. The molecule has 7 heteroatoms. The number of methoxy groups -OCH3 is 1. The van der Waals surface area contributed by atoms with Gasteiger partial charge in [0.15, 0.2) is 0 Å². The molecule has 0 bridgehead atoms. The van der Waals surface area contributed by atoms with Crippen molar-refractivity contribution in [3.63, 3.8) is 0 Å². The number of ether oxygens (including phenoxy) is 1. The summed E-state index contributed by atoms with van der Waals surface area (Å²) in [5.74, 6) is 0.970. The number of nitrogens with zero attached hydrogens (tertiary/aromatic N) is 3. The predicted molar refractivity (Wildman–Crippen MR) is 99.6 cm³/mol. The van der Waals surface area contributed by atoms with Crippen LogP contribution in [-0.4, -0.2) is 48.6 Å². The number of carbonyl (C=O) groups excluding carboxylic acids is 2. The highest BCUT2D eigenvalue weighted by Gasteiger charge is 2.37. The number of anilines is 1. The second kappa shape index (κ2) is 7.34. The van der Waals surface area contributed by atoms with Crippen LogP contribution in [0.25, 0.3) is 0 Å². The summed E-state index contributed by atoms with van der Waals surface area (Å²) in [5.41, 5.74) is 2.56. The quantitative estimate of drug-likeness (QED) is 0.800. The number of fused-ring (bicyclic) bond motifs is 1. The summed E-state index contributed by atoms with van der Waals surface area (Å²) in [6.45, 7) is 1.71. The third-order valence-electron chi connectivity index (χ3n) is 5.10. The molecule has 27 heavy (non-hydrogen) atoms. The third-order valence-corrected chi connectivity index (χ3v) is 5.10. The van der Waals surface area contributed by atoms with Gasteiger partial charge >= 0.3 is 5.97 Å². The van der Waals surface area contributed by atoms with Crippen LogP contribution < -0.4 is 10.2 Å². The fourth-order valence-corrected chi connectivity index (χ4v) is 3.56. The minimum Gasteiger partial charge on any atom is -0.469 e. The van der Waals surface area contributed by atoms with E-state index in [0.29, 0.717) is 44.0 Å². The Morgan fingerprint density at radius 2 is 2.00 bits per heavy atom. The van der Waals surface area contributed by atoms with Crippen LogP contribution in [0.3, 0.4) is 0 Å². The van der Waals surface area contributed by atoms with Crippen molar-refractivity contribution < 1.29 is 14.3 Å². The van der Waals surface area contributed by atoms with Gasteiger partial charge in [0.05, 0.1) is 13.0 Å². The van der Waals surface area contributed by atoms with Crippen LogP contribution in [0.2, 0.25) is 0 Å². The van der Waals surface area contributed by atoms with Crippen LogP contribution in [0, 0.1) is 5.92 Å². The van der Waals surface area contributed by atoms with Crippen LogP contribution in [0.4, 0.5) is 5.82 Å². The van der Waals surface area contributed by atoms with E-state index in [1.54, 1.807) is 0 Å². The summed E-state index contributed by atoms with van der Waals surface area (Å²) in [5, 5.41) is 2.86. The first-order valence-corrected chi connectivity index (χ1v) is 9.20. The van der Waals surface area contributed by atoms with E-state index in [1.165, 1.54) is 12.7 Å². The van der Waals surface area contributed by atoms with E-state index in [9.17, 15) is 9.59 Å². The van der Waals surface area contributed by atoms with E-state index >= 15 is 0 Å². The van der Waals surface area contributed by atoms with Crippen molar-refractivity contribution in [2.24, 2.45) is 5.92 Å². The number of aromatic nitrogens is 2. The molecular weight excluding hydrogens is 344 g/mol. The highest BCUT2D eigenvalue weighted by molar-refractivity contribution is 5.96. The summed E-state index contributed by atoms with van der Waals surface area (Å²) in [6, 6.07) is 10.2. The summed E-state index contributed by atoms with van der Waals surface area (Å²) >= 11 is 0. The zero-order valence-corrected chi connectivity index (χ0v) is 15.3. The molecule has 3 heterocycles. The van der Waals surface area contributed by atoms with Crippen LogP contribution in [0.1, 0.15) is 27.4 Å². The number of benzene rings is 1. The third kappa shape index (κ3) is 3.49. The van der Waals surface area contributed by atoms with E-state index in [0.717, 1.165) is 17.8 Å². The van der Waals surface area contributed by atoms with Crippen molar-refractivity contribution in [1.29, 1.82) is 0 Å². The zero-order chi connectivity index (χ0) is 18.8. The predicted octanol–water partition coefficient (Wildman–Crippen LogP) is 1.16. The number of hydrogen-bond donors (Lipinski definition) is 1. The molecule has 1 aromatic carbocycles. The molecule has 0 unspecified atom stereocenters. The average Bonchev–Trinajstić information content (AvgIpc) is 2.66. The Bertz CT molecular complexity index is 863. The van der Waals surface area contributed by atoms with Gasteiger partial charge in [0, 0.05) is 31.6 Å². The summed E-state index contributed by atoms with van der Waals surface area (Å²) in [4.78, 5) is 35.4. The Kier molecular flexibility index (Phi) is 4.75. The maximum Gasteiger partial charge on any atom is 0.312 e. The molecule has 140 valence electrons. The van der Waals surface area contributed by atoms with Gasteiger partial charge in [0.2, 0.25) is 0 Å². The molecule has 2 aromatic rings. The van der Waals surface area contributed by atoms with Gasteiger partial charge in [-0.1, -0.05) is 30.3 Å². The van der Waals surface area contributed by atoms with Gasteiger partial charge in [-0.05, 0) is 18.4 Å². The molecule has 0 aliphatic carbocycles. The zero-order valence-electron chi connectivity index (χ0n) is 15.3. The van der Waals surface area contributed by atoms with Crippen LogP contribution in [0.5, 0.6) is 0 Å². The Morgan fingerprint density at radius 3 is 2.74 bits per heavy atom. The second-order valence-electron chi connectivity index (χ2n) is 6.91. The van der Waals surface area contributed by atoms with Gasteiger partial charge in [-0.3, -0.25) is 9.59 Å². The van der Waals surface area contributed by atoms with Crippen LogP contribution >= 0.6 is 0 Å². The van der Waals surface area contributed by atoms with E-state index in [1.807, 2.05) is 23.1 Å². The summed E-state index contributed by atoms with van der Waals surface area (Å²) in [7, 11) is 1.41. The normalized spacial score (nSPS) is 16.3. The maximum atomic E-state index is 12.3. The number of rotatable bonds is 5. The first-order valence-electron chi connectivity index (χ1n) is 9.20. The number of hydrogen-bond acceptors (Lipinski definition) is 6. The van der Waals surface area contributed by atoms with Crippen molar-refractivity contribution in [2.45, 2.75) is 19.3 Å². The fourth-order valence-electron chi connectivity index (χ4n) is 3.56. The maximum absolute atomic E-state index is 12.3. The molecule has 0 atom stereocenters. The lowest BCUT2D eigenvalue weighted by Gasteiger charge is -2.40. The lowest BCUT2D eigenvalue weighted by Crippen LogP contribution is -2.52. The van der Waals surface area contributed by atoms with Gasteiger partial charge in [-0.25, -0.2) is 9.97 Å². The van der Waals surface area contributed by atoms with Gasteiger partial charge in [0.25, 0.3) is 5.91 Å². The monoisotopic (exact) mass is 366 g/mol. The smallest absolute Gasteiger partial charge is 0.312 e. The second-order valence-corrected chi connectivity index (χ2v) is 6.91. The number of esters is 1. The van der Waals surface area contributed by atoms with Crippen molar-refractivity contribution >= 4 is 17.7 Å². The number of carbonyl (C=O) groups is 2. The van der Waals surface area contributed by atoms with E-state index in [2.05, 4.69) is 22.4 Å². The van der Waals surface area contributed by atoms with Gasteiger partial charge in [-0.2, -0.15) is 0 Å². The molecule has 2 aliphatic heterocycles. The molecule has 7 nitrogen and oxygen atoms in total. The van der Waals surface area contributed by atoms with Crippen molar-refractivity contribution in [2.75, 3.05) is 31.6 Å². The molecule has 0 spiro atoms. The number of aryl methyl sites for hydroxylation is 2. The molecule has 1 amide bonds. The van der Waals surface area contributed by atoms with Crippen molar-refractivity contribution in [3.8, 4) is 0 Å². The number of nitrogens with one attached hydrogen (secondary N) is 1. The Balaban J connectivity index is 1.59. The molecule has 0 radical (unpaired) electrons. The molecule has 1 N–H and O–H groups in total. The minimum absolute atomic E-state index is 0.134. The standard InChI is InChI=1S/C20H22N4O3/c1-27-20(26)14-11-24(12-14)18-15-9-10-21-19(25)17(15)22-16(23-18)8-7-13-5-3-2-4-6-13/h2-6,14H,7-12H2,1H3,(H,21,25).